The second-order valence-corrected chi connectivity index (χ2v) is 9.94. The third-order valence-electron chi connectivity index (χ3n) is 5.13. The number of aromatic nitrogens is 2. The molecule has 176 valence electrons. The van der Waals surface area contributed by atoms with Crippen molar-refractivity contribution in [3.8, 4) is 0 Å². The quantitative estimate of drug-likeness (QED) is 0.277. The van der Waals surface area contributed by atoms with E-state index in [-0.39, 0.29) is 5.92 Å². The van der Waals surface area contributed by atoms with Gasteiger partial charge in [0.2, 0.25) is 0 Å². The van der Waals surface area contributed by atoms with Crippen molar-refractivity contribution in [1.82, 2.24) is 9.55 Å². The number of imidazole rings is 1. The van der Waals surface area contributed by atoms with Gasteiger partial charge in [-0.2, -0.15) is 0 Å². The van der Waals surface area contributed by atoms with E-state index in [9.17, 15) is 9.90 Å². The molecule has 0 fully saturated rings. The lowest BCUT2D eigenvalue weighted by atomic mass is 10.1. The minimum Gasteiger partial charge on any atom is -0.480 e. The Hall–Kier alpha value is -1.99. The minimum atomic E-state index is -0.886. The van der Waals surface area contributed by atoms with E-state index in [1.54, 1.807) is 6.07 Å². The van der Waals surface area contributed by atoms with Crippen molar-refractivity contribution in [1.29, 1.82) is 0 Å². The van der Waals surface area contributed by atoms with Crippen LogP contribution in [0.4, 0.5) is 0 Å². The van der Waals surface area contributed by atoms with Crippen molar-refractivity contribution >= 4 is 40.9 Å². The molecule has 3 rings (SSSR count). The maximum absolute atomic E-state index is 12.2. The zero-order chi connectivity index (χ0) is 24.0. The first kappa shape index (κ1) is 25.6. The zero-order valence-electron chi connectivity index (χ0n) is 18.9. The predicted molar refractivity (Wildman–Crippen MR) is 134 cm³/mol. The van der Waals surface area contributed by atoms with E-state index in [0.29, 0.717) is 41.9 Å². The molecule has 3 aromatic rings. The molecule has 1 aromatic heterocycles. The van der Waals surface area contributed by atoms with E-state index in [0.717, 1.165) is 21.2 Å². The fraction of sp³-hybridized carbons (Fsp3) is 0.360. The van der Waals surface area contributed by atoms with Crippen molar-refractivity contribution in [3.05, 3.63) is 75.7 Å². The predicted octanol–water partition coefficient (Wildman–Crippen LogP) is 7.26. The molecule has 0 aliphatic carbocycles. The SMILES string of the molecule is CCC(C(=O)O)n1c(CCOCc2ccccc2)nc(C(C)C)c1Sc1cc(Cl)cc(Cl)c1. The number of nitrogens with zero attached hydrogens (tertiary/aromatic N) is 2. The molecule has 1 atom stereocenters. The molecule has 1 unspecified atom stereocenters. The summed E-state index contributed by atoms with van der Waals surface area (Å²) in [6.45, 7) is 6.91. The van der Waals surface area contributed by atoms with Gasteiger partial charge in [0.1, 0.15) is 16.9 Å². The van der Waals surface area contributed by atoms with Crippen LogP contribution in [0.1, 0.15) is 56.2 Å². The van der Waals surface area contributed by atoms with Crippen molar-refractivity contribution in [2.45, 2.75) is 62.1 Å². The summed E-state index contributed by atoms with van der Waals surface area (Å²) < 4.78 is 7.72. The highest BCUT2D eigenvalue weighted by molar-refractivity contribution is 7.99. The molecule has 0 saturated carbocycles. The van der Waals surface area contributed by atoms with E-state index in [4.69, 9.17) is 32.9 Å². The van der Waals surface area contributed by atoms with Crippen LogP contribution in [0.3, 0.4) is 0 Å². The van der Waals surface area contributed by atoms with Crippen molar-refractivity contribution < 1.29 is 14.6 Å². The van der Waals surface area contributed by atoms with Gasteiger partial charge in [0.25, 0.3) is 0 Å². The Morgan fingerprint density at radius 3 is 2.39 bits per heavy atom. The molecule has 33 heavy (non-hydrogen) atoms. The van der Waals surface area contributed by atoms with E-state index in [2.05, 4.69) is 13.8 Å². The lowest BCUT2D eigenvalue weighted by Crippen LogP contribution is -2.22. The molecule has 1 heterocycles. The molecule has 0 spiro atoms. The molecule has 0 amide bonds. The maximum atomic E-state index is 12.2. The number of ether oxygens (including phenoxy) is 1. The number of halogens is 2. The standard InChI is InChI=1S/C25H28Cl2N2O3S/c1-4-21(25(30)31)29-22(10-11-32-15-17-8-6-5-7-9-17)28-23(16(2)3)24(29)33-20-13-18(26)12-19(27)14-20/h5-9,12-14,16,21H,4,10-11,15H2,1-3H3,(H,30,31). The molecule has 0 bridgehead atoms. The first-order chi connectivity index (χ1) is 15.8. The second kappa shape index (κ2) is 11.9. The van der Waals surface area contributed by atoms with Crippen LogP contribution in [0.5, 0.6) is 0 Å². The van der Waals surface area contributed by atoms with Gasteiger partial charge < -0.3 is 14.4 Å². The van der Waals surface area contributed by atoms with E-state index in [1.807, 2.05) is 54.0 Å². The van der Waals surface area contributed by atoms with Gasteiger partial charge >= 0.3 is 5.97 Å². The molecular formula is C25H28Cl2N2O3S. The van der Waals surface area contributed by atoms with Crippen LogP contribution in [0, 0.1) is 0 Å². The molecular weight excluding hydrogens is 479 g/mol. The van der Waals surface area contributed by atoms with Crippen LogP contribution in [-0.2, 0) is 22.6 Å². The smallest absolute Gasteiger partial charge is 0.326 e. The summed E-state index contributed by atoms with van der Waals surface area (Å²) in [5, 5.41) is 11.8. The van der Waals surface area contributed by atoms with Gasteiger partial charge in [-0.1, -0.05) is 86.1 Å². The third-order valence-corrected chi connectivity index (χ3v) is 6.63. The number of benzene rings is 2. The molecule has 0 aliphatic heterocycles. The van der Waals surface area contributed by atoms with Gasteiger partial charge in [-0.25, -0.2) is 9.78 Å². The Labute approximate surface area is 209 Å². The highest BCUT2D eigenvalue weighted by atomic mass is 35.5. The highest BCUT2D eigenvalue weighted by Crippen LogP contribution is 2.39. The topological polar surface area (TPSA) is 64.3 Å². The van der Waals surface area contributed by atoms with Crippen molar-refractivity contribution in [2.75, 3.05) is 6.61 Å². The molecule has 8 heteroatoms. The zero-order valence-corrected chi connectivity index (χ0v) is 21.3. The van der Waals surface area contributed by atoms with E-state index in [1.165, 1.54) is 11.8 Å². The van der Waals surface area contributed by atoms with Gasteiger partial charge in [0, 0.05) is 21.4 Å². The summed E-state index contributed by atoms with van der Waals surface area (Å²) >= 11 is 13.9. The molecule has 5 nitrogen and oxygen atoms in total. The van der Waals surface area contributed by atoms with Crippen LogP contribution in [0.25, 0.3) is 0 Å². The number of hydrogen-bond donors (Lipinski definition) is 1. The number of rotatable bonds is 11. The van der Waals surface area contributed by atoms with Gasteiger partial charge in [-0.15, -0.1) is 0 Å². The molecule has 0 radical (unpaired) electrons. The lowest BCUT2D eigenvalue weighted by Gasteiger charge is -2.19. The normalized spacial score (nSPS) is 12.3. The molecule has 0 aliphatic rings. The van der Waals surface area contributed by atoms with E-state index >= 15 is 0 Å². The fourth-order valence-electron chi connectivity index (χ4n) is 3.55. The maximum Gasteiger partial charge on any atom is 0.326 e. The largest absolute Gasteiger partial charge is 0.480 e. The second-order valence-electron chi connectivity index (χ2n) is 8.00. The van der Waals surface area contributed by atoms with Gasteiger partial charge in [0.05, 0.1) is 18.9 Å². The minimum absolute atomic E-state index is 0.110. The Kier molecular flexibility index (Phi) is 9.27. The summed E-state index contributed by atoms with van der Waals surface area (Å²) in [4.78, 5) is 17.9. The Morgan fingerprint density at radius 2 is 1.82 bits per heavy atom. The molecule has 1 N–H and O–H groups in total. The van der Waals surface area contributed by atoms with Crippen LogP contribution in [0.2, 0.25) is 10.0 Å². The summed E-state index contributed by atoms with van der Waals surface area (Å²) in [7, 11) is 0. The van der Waals surface area contributed by atoms with Gasteiger partial charge in [-0.3, -0.25) is 0 Å². The van der Waals surface area contributed by atoms with Crippen molar-refractivity contribution in [3.63, 3.8) is 0 Å². The molecule has 0 saturated heterocycles. The Bertz CT molecular complexity index is 1070. The first-order valence-electron chi connectivity index (χ1n) is 10.9. The van der Waals surface area contributed by atoms with Crippen LogP contribution < -0.4 is 0 Å². The van der Waals surface area contributed by atoms with Gasteiger partial charge in [0.15, 0.2) is 0 Å². The van der Waals surface area contributed by atoms with Crippen LogP contribution in [0.15, 0.2) is 58.5 Å². The Balaban J connectivity index is 1.93. The first-order valence-corrected chi connectivity index (χ1v) is 12.5. The number of carboxylic acids is 1. The summed E-state index contributed by atoms with van der Waals surface area (Å²) in [6.07, 6.45) is 0.943. The van der Waals surface area contributed by atoms with Gasteiger partial charge in [-0.05, 0) is 36.1 Å². The van der Waals surface area contributed by atoms with Crippen molar-refractivity contribution in [2.24, 2.45) is 0 Å². The fourth-order valence-corrected chi connectivity index (χ4v) is 5.52. The monoisotopic (exact) mass is 506 g/mol. The number of aliphatic carboxylic acids is 1. The molecule has 2 aromatic carbocycles. The number of carbonyl (C=O) groups is 1. The average Bonchev–Trinajstić information content (AvgIpc) is 3.10. The van der Waals surface area contributed by atoms with E-state index < -0.39 is 12.0 Å². The Morgan fingerprint density at radius 1 is 1.15 bits per heavy atom. The lowest BCUT2D eigenvalue weighted by molar-refractivity contribution is -0.141. The average molecular weight is 507 g/mol. The summed E-state index contributed by atoms with van der Waals surface area (Å²) in [5.74, 6) is -0.0713. The van der Waals surface area contributed by atoms with Crippen LogP contribution in [-0.4, -0.2) is 27.2 Å². The number of hydrogen-bond acceptors (Lipinski definition) is 4. The number of carboxylic acid groups (broad SMARTS) is 1. The third kappa shape index (κ3) is 6.76. The summed E-state index contributed by atoms with van der Waals surface area (Å²) in [6, 6.07) is 14.5. The van der Waals surface area contributed by atoms with Crippen LogP contribution >= 0.6 is 35.0 Å². The summed E-state index contributed by atoms with van der Waals surface area (Å²) in [5.41, 5.74) is 1.95. The highest BCUT2D eigenvalue weighted by Gasteiger charge is 2.28.